The van der Waals surface area contributed by atoms with Crippen LogP contribution in [0.2, 0.25) is 5.02 Å². The molecule has 0 radical (unpaired) electrons. The van der Waals surface area contributed by atoms with Crippen molar-refractivity contribution in [3.8, 4) is 5.69 Å². The monoisotopic (exact) mass is 344 g/mol. The number of nitrogens with zero attached hydrogens (tertiary/aromatic N) is 4. The molecule has 2 atom stereocenters. The third-order valence-corrected chi connectivity index (χ3v) is 4.59. The summed E-state index contributed by atoms with van der Waals surface area (Å²) in [6, 6.07) is 4.56. The molecule has 1 aromatic heterocycles. The molecule has 22 heavy (non-hydrogen) atoms. The van der Waals surface area contributed by atoms with E-state index >= 15 is 0 Å². The van der Waals surface area contributed by atoms with Crippen LogP contribution >= 0.6 is 11.6 Å². The van der Waals surface area contributed by atoms with E-state index in [9.17, 15) is 8.60 Å². The van der Waals surface area contributed by atoms with Gasteiger partial charge in [0.05, 0.1) is 22.6 Å². The Bertz CT molecular complexity index is 679. The van der Waals surface area contributed by atoms with Crippen molar-refractivity contribution in [1.82, 2.24) is 19.9 Å². The molecule has 1 heterocycles. The third-order valence-electron chi connectivity index (χ3n) is 3.35. The summed E-state index contributed by atoms with van der Waals surface area (Å²) in [5, 5.41) is 8.18. The first-order chi connectivity index (χ1) is 10.4. The molecule has 0 unspecified atom stereocenters. The van der Waals surface area contributed by atoms with Gasteiger partial charge in [-0.15, -0.1) is 5.10 Å². The molecule has 1 aromatic carbocycles. The quantitative estimate of drug-likeness (QED) is 0.806. The van der Waals surface area contributed by atoms with Crippen LogP contribution in [-0.4, -0.2) is 49.2 Å². The predicted molar refractivity (Wildman–Crippen MR) is 86.2 cm³/mol. The van der Waals surface area contributed by atoms with Crippen molar-refractivity contribution in [2.75, 3.05) is 19.1 Å². The van der Waals surface area contributed by atoms with Gasteiger partial charge in [0.25, 0.3) is 0 Å². The molecule has 0 N–H and O–H groups in total. The van der Waals surface area contributed by atoms with Crippen molar-refractivity contribution in [2.45, 2.75) is 19.5 Å². The van der Waals surface area contributed by atoms with E-state index in [2.05, 4.69) is 15.2 Å². The Morgan fingerprint density at radius 3 is 2.86 bits per heavy atom. The van der Waals surface area contributed by atoms with E-state index in [1.807, 2.05) is 14.0 Å². The van der Waals surface area contributed by atoms with Crippen LogP contribution in [0.4, 0.5) is 4.39 Å². The number of rotatable bonds is 6. The van der Waals surface area contributed by atoms with Gasteiger partial charge in [0.15, 0.2) is 0 Å². The Morgan fingerprint density at radius 1 is 1.50 bits per heavy atom. The fourth-order valence-electron chi connectivity index (χ4n) is 2.00. The molecule has 0 spiro atoms. The van der Waals surface area contributed by atoms with Crippen molar-refractivity contribution in [2.24, 2.45) is 0 Å². The summed E-state index contributed by atoms with van der Waals surface area (Å²) in [6.07, 6.45) is 3.47. The fraction of sp³-hybridized carbons (Fsp3) is 0.429. The van der Waals surface area contributed by atoms with Gasteiger partial charge in [-0.2, -0.15) is 0 Å². The minimum atomic E-state index is -0.837. The smallest absolute Gasteiger partial charge is 0.141 e. The standard InChI is InChI=1S/C14H18ClFN4OS/c1-10(9-22(3)21)19(2)7-11-8-20(18-17-11)12-4-5-14(16)13(15)6-12/h4-6,8,10H,7,9H2,1-3H3/t10-,22-/m0/s1. The van der Waals surface area contributed by atoms with Gasteiger partial charge in [0.1, 0.15) is 5.82 Å². The first kappa shape index (κ1) is 17.1. The molecule has 0 bridgehead atoms. The van der Waals surface area contributed by atoms with Crippen LogP contribution in [0, 0.1) is 5.82 Å². The maximum absolute atomic E-state index is 13.2. The maximum Gasteiger partial charge on any atom is 0.141 e. The minimum absolute atomic E-state index is 0.0470. The van der Waals surface area contributed by atoms with Gasteiger partial charge in [-0.1, -0.05) is 16.8 Å². The van der Waals surface area contributed by atoms with E-state index < -0.39 is 16.6 Å². The SMILES string of the molecule is C[C@@H](C[S@](C)=O)N(C)Cc1cn(-c2ccc(F)c(Cl)c2)nn1. The van der Waals surface area contributed by atoms with E-state index in [-0.39, 0.29) is 11.1 Å². The summed E-state index contributed by atoms with van der Waals surface area (Å²) in [5.41, 5.74) is 1.42. The Hall–Kier alpha value is -1.31. The van der Waals surface area contributed by atoms with Crippen molar-refractivity contribution >= 4 is 22.4 Å². The summed E-state index contributed by atoms with van der Waals surface area (Å²) in [5.74, 6) is 0.143. The molecule has 0 aliphatic rings. The lowest BCUT2D eigenvalue weighted by atomic mass is 10.3. The van der Waals surface area contributed by atoms with E-state index in [4.69, 9.17) is 11.6 Å². The first-order valence-corrected chi connectivity index (χ1v) is 8.84. The van der Waals surface area contributed by atoms with E-state index in [0.29, 0.717) is 18.0 Å². The van der Waals surface area contributed by atoms with Gasteiger partial charge in [-0.3, -0.25) is 9.11 Å². The number of hydrogen-bond acceptors (Lipinski definition) is 4. The lowest BCUT2D eigenvalue weighted by Crippen LogP contribution is -2.33. The second-order valence-electron chi connectivity index (χ2n) is 5.26. The molecule has 0 saturated heterocycles. The molecule has 0 fully saturated rings. The summed E-state index contributed by atoms with van der Waals surface area (Å²) in [7, 11) is 1.11. The molecule has 0 saturated carbocycles. The van der Waals surface area contributed by atoms with E-state index in [1.54, 1.807) is 23.2 Å². The van der Waals surface area contributed by atoms with Crippen LogP contribution in [-0.2, 0) is 17.3 Å². The van der Waals surface area contributed by atoms with Crippen LogP contribution in [0.1, 0.15) is 12.6 Å². The van der Waals surface area contributed by atoms with Gasteiger partial charge < -0.3 is 0 Å². The van der Waals surface area contributed by atoms with Crippen molar-refractivity contribution < 1.29 is 8.60 Å². The van der Waals surface area contributed by atoms with Crippen LogP contribution in [0.3, 0.4) is 0 Å². The molecule has 0 aliphatic heterocycles. The van der Waals surface area contributed by atoms with Gasteiger partial charge in [0, 0.05) is 35.4 Å². The zero-order chi connectivity index (χ0) is 16.3. The predicted octanol–water partition coefficient (Wildman–Crippen LogP) is 2.26. The number of halogens is 2. The average Bonchev–Trinajstić information content (AvgIpc) is 2.89. The molecule has 5 nitrogen and oxygen atoms in total. The van der Waals surface area contributed by atoms with Crippen molar-refractivity contribution in [3.63, 3.8) is 0 Å². The largest absolute Gasteiger partial charge is 0.297 e. The van der Waals surface area contributed by atoms with E-state index in [0.717, 1.165) is 5.69 Å². The van der Waals surface area contributed by atoms with E-state index in [1.165, 1.54) is 12.1 Å². The lowest BCUT2D eigenvalue weighted by molar-refractivity contribution is 0.265. The normalized spacial score (nSPS) is 14.3. The molecule has 120 valence electrons. The number of hydrogen-bond donors (Lipinski definition) is 0. The first-order valence-electron chi connectivity index (χ1n) is 6.73. The Labute approximate surface area is 136 Å². The molecular formula is C14H18ClFN4OS. The average molecular weight is 345 g/mol. The fourth-order valence-corrected chi connectivity index (χ4v) is 3.11. The minimum Gasteiger partial charge on any atom is -0.297 e. The van der Waals surface area contributed by atoms with Crippen LogP contribution in [0.25, 0.3) is 5.69 Å². The third kappa shape index (κ3) is 4.34. The van der Waals surface area contributed by atoms with Crippen molar-refractivity contribution in [3.05, 3.63) is 40.9 Å². The summed E-state index contributed by atoms with van der Waals surface area (Å²) in [6.45, 7) is 2.61. The summed E-state index contributed by atoms with van der Waals surface area (Å²) < 4.78 is 26.0. The molecule has 8 heteroatoms. The maximum atomic E-state index is 13.2. The zero-order valence-electron chi connectivity index (χ0n) is 12.7. The highest BCUT2D eigenvalue weighted by Crippen LogP contribution is 2.18. The van der Waals surface area contributed by atoms with Gasteiger partial charge in [-0.05, 0) is 32.2 Å². The molecule has 2 aromatic rings. The topological polar surface area (TPSA) is 51.0 Å². The van der Waals surface area contributed by atoms with Crippen molar-refractivity contribution in [1.29, 1.82) is 0 Å². The number of aromatic nitrogens is 3. The molecule has 2 rings (SSSR count). The van der Waals surface area contributed by atoms with Crippen LogP contribution in [0.15, 0.2) is 24.4 Å². The van der Waals surface area contributed by atoms with Gasteiger partial charge in [-0.25, -0.2) is 9.07 Å². The Balaban J connectivity index is 2.08. The second-order valence-corrected chi connectivity index (χ2v) is 7.14. The highest BCUT2D eigenvalue weighted by atomic mass is 35.5. The van der Waals surface area contributed by atoms with Crippen LogP contribution in [0.5, 0.6) is 0 Å². The molecule has 0 aliphatic carbocycles. The summed E-state index contributed by atoms with van der Waals surface area (Å²) >= 11 is 5.77. The lowest BCUT2D eigenvalue weighted by Gasteiger charge is -2.22. The van der Waals surface area contributed by atoms with Gasteiger partial charge >= 0.3 is 0 Å². The molecule has 0 amide bonds. The summed E-state index contributed by atoms with van der Waals surface area (Å²) in [4.78, 5) is 2.06. The Morgan fingerprint density at radius 2 is 2.23 bits per heavy atom. The highest BCUT2D eigenvalue weighted by molar-refractivity contribution is 7.84. The highest BCUT2D eigenvalue weighted by Gasteiger charge is 2.13. The van der Waals surface area contributed by atoms with Crippen LogP contribution < -0.4 is 0 Å². The van der Waals surface area contributed by atoms with Gasteiger partial charge in [0.2, 0.25) is 0 Å². The second kappa shape index (κ2) is 7.30. The number of benzene rings is 1. The molecular weight excluding hydrogens is 327 g/mol. The Kier molecular flexibility index (Phi) is 5.66. The zero-order valence-corrected chi connectivity index (χ0v) is 14.2.